The number of rotatable bonds is 7. The maximum atomic E-state index is 13.1. The number of likely N-dealkylation sites (tertiary alicyclic amines) is 1. The summed E-state index contributed by atoms with van der Waals surface area (Å²) in [7, 11) is 1.90. The Hall–Kier alpha value is -1.72. The molecule has 6 heteroatoms. The Morgan fingerprint density at radius 1 is 1.08 bits per heavy atom. The Kier molecular flexibility index (Phi) is 8.17. The minimum atomic E-state index is -0.224. The first kappa shape index (κ1) is 25.9. The molecule has 36 heavy (non-hydrogen) atoms. The van der Waals surface area contributed by atoms with E-state index in [9.17, 15) is 4.79 Å². The van der Waals surface area contributed by atoms with Gasteiger partial charge in [-0.2, -0.15) is 0 Å². The Labute approximate surface area is 229 Å². The molecule has 0 aromatic heterocycles. The summed E-state index contributed by atoms with van der Waals surface area (Å²) in [5.41, 5.74) is 4.99. The van der Waals surface area contributed by atoms with Gasteiger partial charge in [0.05, 0.1) is 10.8 Å². The van der Waals surface area contributed by atoms with Crippen LogP contribution in [0.2, 0.25) is 0 Å². The van der Waals surface area contributed by atoms with E-state index in [1.165, 1.54) is 24.0 Å². The molecule has 2 aliphatic heterocycles. The molecule has 0 N–H and O–H groups in total. The van der Waals surface area contributed by atoms with Crippen molar-refractivity contribution >= 4 is 40.9 Å². The molecule has 190 valence electrons. The first-order valence-electron chi connectivity index (χ1n) is 12.9. The van der Waals surface area contributed by atoms with Crippen molar-refractivity contribution < 1.29 is 4.79 Å². The van der Waals surface area contributed by atoms with Crippen LogP contribution in [0.5, 0.6) is 0 Å². The highest BCUT2D eigenvalue weighted by atomic mass is 35.5. The lowest BCUT2D eigenvalue weighted by Crippen LogP contribution is -2.41. The summed E-state index contributed by atoms with van der Waals surface area (Å²) in [6.07, 6.45) is 9.56. The lowest BCUT2D eigenvalue weighted by Gasteiger charge is -2.40. The van der Waals surface area contributed by atoms with Gasteiger partial charge in [0.2, 0.25) is 0 Å². The lowest BCUT2D eigenvalue weighted by atomic mass is 9.85. The molecule has 0 radical (unpaired) electrons. The molecule has 2 aromatic carbocycles. The third-order valence-corrected chi connectivity index (χ3v) is 10.5. The second kappa shape index (κ2) is 11.3. The van der Waals surface area contributed by atoms with E-state index in [1.54, 1.807) is 5.56 Å². The van der Waals surface area contributed by atoms with Gasteiger partial charge in [0, 0.05) is 35.6 Å². The topological polar surface area (TPSA) is 23.6 Å². The number of fused-ring (bicyclic) bond motifs is 2. The number of nitrogens with zero attached hydrogens (tertiary/aromatic N) is 2. The van der Waals surface area contributed by atoms with Crippen LogP contribution in [0.4, 0.5) is 0 Å². The smallest absolute Gasteiger partial charge is 0.253 e. The van der Waals surface area contributed by atoms with Gasteiger partial charge in [0.25, 0.3) is 5.91 Å². The molecular formula is C30H34Cl2N2OS. The van der Waals surface area contributed by atoms with Gasteiger partial charge < -0.3 is 9.80 Å². The van der Waals surface area contributed by atoms with Gasteiger partial charge in [0.1, 0.15) is 0 Å². The number of amides is 1. The van der Waals surface area contributed by atoms with Crippen molar-refractivity contribution in [2.24, 2.45) is 5.92 Å². The molecule has 1 saturated heterocycles. The Morgan fingerprint density at radius 2 is 1.81 bits per heavy atom. The molecule has 0 saturated carbocycles. The number of carbonyl (C=O) groups is 1. The van der Waals surface area contributed by atoms with Crippen LogP contribution in [0, 0.1) is 5.92 Å². The number of hydrogen-bond donors (Lipinski definition) is 0. The molecule has 1 amide bonds. The van der Waals surface area contributed by atoms with E-state index in [0.29, 0.717) is 11.3 Å². The number of alkyl halides is 2. The summed E-state index contributed by atoms with van der Waals surface area (Å²) in [6, 6.07) is 18.5. The second-order valence-electron chi connectivity index (χ2n) is 10.2. The largest absolute Gasteiger partial charge is 0.341 e. The highest BCUT2D eigenvalue weighted by Gasteiger charge is 2.41. The zero-order valence-corrected chi connectivity index (χ0v) is 23.1. The van der Waals surface area contributed by atoms with E-state index in [1.807, 2.05) is 48.4 Å². The molecule has 2 aromatic rings. The zero-order valence-electron chi connectivity index (χ0n) is 20.8. The van der Waals surface area contributed by atoms with Crippen molar-refractivity contribution in [2.75, 3.05) is 33.2 Å². The summed E-state index contributed by atoms with van der Waals surface area (Å²) in [5.74, 6) is 1.40. The van der Waals surface area contributed by atoms with Crippen LogP contribution in [0.25, 0.3) is 0 Å². The Morgan fingerprint density at radius 3 is 2.56 bits per heavy atom. The van der Waals surface area contributed by atoms with Gasteiger partial charge in [-0.15, -0.1) is 35.0 Å². The number of hydrogen-bond acceptors (Lipinski definition) is 3. The lowest BCUT2D eigenvalue weighted by molar-refractivity contribution is 0.0773. The van der Waals surface area contributed by atoms with Crippen molar-refractivity contribution in [2.45, 2.75) is 40.5 Å². The normalized spacial score (nSPS) is 23.8. The number of carbonyl (C=O) groups excluding carboxylic acids is 1. The van der Waals surface area contributed by atoms with Crippen molar-refractivity contribution in [3.05, 3.63) is 95.1 Å². The van der Waals surface area contributed by atoms with E-state index in [-0.39, 0.29) is 22.6 Å². The van der Waals surface area contributed by atoms with Crippen LogP contribution in [-0.4, -0.2) is 59.7 Å². The van der Waals surface area contributed by atoms with Gasteiger partial charge >= 0.3 is 0 Å². The number of benzene rings is 2. The number of piperidine rings is 1. The highest BCUT2D eigenvalue weighted by Crippen LogP contribution is 2.53. The van der Waals surface area contributed by atoms with Crippen molar-refractivity contribution in [3.63, 3.8) is 0 Å². The van der Waals surface area contributed by atoms with Crippen molar-refractivity contribution in [1.29, 1.82) is 0 Å². The van der Waals surface area contributed by atoms with Gasteiger partial charge in [0.15, 0.2) is 0 Å². The minimum Gasteiger partial charge on any atom is -0.341 e. The predicted octanol–water partition coefficient (Wildman–Crippen LogP) is 6.71. The summed E-state index contributed by atoms with van der Waals surface area (Å²) in [6.45, 7) is 3.90. The average molecular weight is 542 g/mol. The van der Waals surface area contributed by atoms with Crippen LogP contribution >= 0.6 is 35.0 Å². The average Bonchev–Trinajstić information content (AvgIpc) is 3.27. The fourth-order valence-corrected chi connectivity index (χ4v) is 7.65. The zero-order chi connectivity index (χ0) is 25.1. The molecule has 3 nitrogen and oxygen atoms in total. The maximum Gasteiger partial charge on any atom is 0.253 e. The van der Waals surface area contributed by atoms with E-state index in [2.05, 4.69) is 53.1 Å². The molecule has 3 atom stereocenters. The van der Waals surface area contributed by atoms with Crippen LogP contribution in [-0.2, 0) is 10.5 Å². The molecule has 1 aliphatic carbocycles. The maximum absolute atomic E-state index is 13.1. The Balaban J connectivity index is 1.24. The second-order valence-corrected chi connectivity index (χ2v) is 12.6. The molecule has 1 fully saturated rings. The van der Waals surface area contributed by atoms with E-state index in [4.69, 9.17) is 23.2 Å². The van der Waals surface area contributed by atoms with Gasteiger partial charge in [-0.25, -0.2) is 0 Å². The SMILES string of the molecule is CN(CC(CCN1CCC2(CC1)SCc1ccccc12)C1=CC(Cl)C(Cl)C=C1)C(=O)c1ccccc1. The summed E-state index contributed by atoms with van der Waals surface area (Å²) >= 11 is 15.0. The van der Waals surface area contributed by atoms with Crippen molar-refractivity contribution in [3.8, 4) is 0 Å². The third-order valence-electron chi connectivity index (χ3n) is 7.93. The number of halogens is 2. The minimum absolute atomic E-state index is 0.0514. The quantitative estimate of drug-likeness (QED) is 0.364. The van der Waals surface area contributed by atoms with E-state index >= 15 is 0 Å². The fraction of sp³-hybridized carbons (Fsp3) is 0.433. The number of thioether (sulfide) groups is 1. The number of allylic oxidation sites excluding steroid dienone is 3. The van der Waals surface area contributed by atoms with Gasteiger partial charge in [-0.05, 0) is 67.7 Å². The van der Waals surface area contributed by atoms with Crippen LogP contribution in [0.3, 0.4) is 0 Å². The Bertz CT molecular complexity index is 1130. The molecule has 3 aliphatic rings. The summed E-state index contributed by atoms with van der Waals surface area (Å²) in [5, 5.41) is -0.413. The van der Waals surface area contributed by atoms with E-state index < -0.39 is 0 Å². The molecular weight excluding hydrogens is 507 g/mol. The van der Waals surface area contributed by atoms with Gasteiger partial charge in [-0.3, -0.25) is 4.79 Å². The molecule has 3 unspecified atom stereocenters. The molecule has 2 heterocycles. The van der Waals surface area contributed by atoms with Crippen LogP contribution in [0.1, 0.15) is 40.7 Å². The summed E-state index contributed by atoms with van der Waals surface area (Å²) in [4.78, 5) is 17.5. The van der Waals surface area contributed by atoms with Gasteiger partial charge in [-0.1, -0.05) is 60.7 Å². The monoisotopic (exact) mass is 540 g/mol. The summed E-state index contributed by atoms with van der Waals surface area (Å²) < 4.78 is 0.296. The third kappa shape index (κ3) is 5.57. The standard InChI is InChI=1S/C30H34Cl2N2OS/c1-33(29(35)22-7-3-2-4-8-22)20-24(23-11-12-27(31)28(32)19-23)13-16-34-17-14-30(15-18-34)26-10-6-5-9-25(26)21-36-30/h2-12,19,24,27-28H,13-18,20-21H2,1H3. The fourth-order valence-electron chi connectivity index (χ4n) is 5.76. The van der Waals surface area contributed by atoms with Crippen molar-refractivity contribution in [1.82, 2.24) is 9.80 Å². The first-order valence-corrected chi connectivity index (χ1v) is 14.7. The molecule has 1 spiro atoms. The molecule has 0 bridgehead atoms. The van der Waals surface area contributed by atoms with E-state index in [0.717, 1.165) is 37.4 Å². The van der Waals surface area contributed by atoms with Crippen LogP contribution in [0.15, 0.2) is 78.4 Å². The first-order chi connectivity index (χ1) is 17.4. The molecule has 5 rings (SSSR count). The predicted molar refractivity (Wildman–Crippen MR) is 153 cm³/mol. The van der Waals surface area contributed by atoms with Crippen LogP contribution < -0.4 is 0 Å². The highest BCUT2D eigenvalue weighted by molar-refractivity contribution is 7.99.